The van der Waals surface area contributed by atoms with Crippen molar-refractivity contribution in [2.45, 2.75) is 32.9 Å². The molecular weight excluding hydrogens is 486 g/mol. The lowest BCUT2D eigenvalue weighted by Crippen LogP contribution is -2.49. The molecular formula is C34H31NO4. The Morgan fingerprint density at radius 3 is 2.05 bits per heavy atom. The third kappa shape index (κ3) is 4.96. The van der Waals surface area contributed by atoms with E-state index in [1.54, 1.807) is 19.2 Å². The van der Waals surface area contributed by atoms with Crippen molar-refractivity contribution >= 4 is 23.1 Å². The van der Waals surface area contributed by atoms with Crippen molar-refractivity contribution in [3.05, 3.63) is 125 Å². The maximum Gasteiger partial charge on any atom is 0.338 e. The van der Waals surface area contributed by atoms with Crippen LogP contribution in [0.15, 0.2) is 103 Å². The van der Waals surface area contributed by atoms with Crippen molar-refractivity contribution in [2.75, 3.05) is 12.0 Å². The molecule has 0 saturated heterocycles. The number of anilines is 1. The van der Waals surface area contributed by atoms with E-state index in [0.717, 1.165) is 33.5 Å². The summed E-state index contributed by atoms with van der Waals surface area (Å²) in [6.45, 7) is 6.13. The fraction of sp³-hybridized carbons (Fsp3) is 0.176. The number of esters is 1. The highest BCUT2D eigenvalue weighted by molar-refractivity contribution is 6.10. The number of hydrogen-bond acceptors (Lipinski definition) is 4. The number of rotatable bonds is 6. The van der Waals surface area contributed by atoms with Gasteiger partial charge >= 0.3 is 5.97 Å². The number of nitrogens with zero attached hydrogens (tertiary/aromatic N) is 1. The second kappa shape index (κ2) is 10.6. The summed E-state index contributed by atoms with van der Waals surface area (Å²) >= 11 is 0. The summed E-state index contributed by atoms with van der Waals surface area (Å²) in [6.07, 6.45) is 2.10. The summed E-state index contributed by atoms with van der Waals surface area (Å²) in [4.78, 5) is 28.7. The SMILES string of the molecule is COc1ccccc1-c1ccc2c(c1COC(=O)c1ccccc1)C(C)=CC(C)(C)N2C(=O)c1ccccc1. The Kier molecular flexibility index (Phi) is 7.07. The van der Waals surface area contributed by atoms with Crippen LogP contribution >= 0.6 is 0 Å². The Bertz CT molecular complexity index is 1560. The number of fused-ring (bicyclic) bond motifs is 1. The van der Waals surface area contributed by atoms with Gasteiger partial charge in [0.05, 0.1) is 23.9 Å². The second-order valence-electron chi connectivity index (χ2n) is 10.1. The third-order valence-electron chi connectivity index (χ3n) is 7.05. The predicted molar refractivity (Wildman–Crippen MR) is 155 cm³/mol. The molecule has 0 bridgehead atoms. The summed E-state index contributed by atoms with van der Waals surface area (Å²) in [5.41, 5.74) is 5.75. The Morgan fingerprint density at radius 1 is 0.769 bits per heavy atom. The number of carbonyl (C=O) groups excluding carboxylic acids is 2. The average molecular weight is 518 g/mol. The van der Waals surface area contributed by atoms with Gasteiger partial charge in [-0.15, -0.1) is 0 Å². The van der Waals surface area contributed by atoms with E-state index in [1.165, 1.54) is 0 Å². The van der Waals surface area contributed by atoms with Crippen molar-refractivity contribution < 1.29 is 19.1 Å². The number of allylic oxidation sites excluding steroid dienone is 1. The molecule has 0 radical (unpaired) electrons. The Hall–Kier alpha value is -4.64. The normalized spacial score (nSPS) is 13.7. The average Bonchev–Trinajstić information content (AvgIpc) is 2.95. The van der Waals surface area contributed by atoms with Gasteiger partial charge in [0.15, 0.2) is 0 Å². The summed E-state index contributed by atoms with van der Waals surface area (Å²) < 4.78 is 11.6. The smallest absolute Gasteiger partial charge is 0.338 e. The zero-order valence-electron chi connectivity index (χ0n) is 22.6. The van der Waals surface area contributed by atoms with Gasteiger partial charge < -0.3 is 9.47 Å². The van der Waals surface area contributed by atoms with E-state index >= 15 is 0 Å². The van der Waals surface area contributed by atoms with E-state index in [4.69, 9.17) is 9.47 Å². The fourth-order valence-electron chi connectivity index (χ4n) is 5.38. The van der Waals surface area contributed by atoms with Gasteiger partial charge in [0.1, 0.15) is 12.4 Å². The zero-order chi connectivity index (χ0) is 27.6. The summed E-state index contributed by atoms with van der Waals surface area (Å²) in [5, 5.41) is 0. The van der Waals surface area contributed by atoms with E-state index in [-0.39, 0.29) is 12.5 Å². The van der Waals surface area contributed by atoms with Gasteiger partial charge in [-0.1, -0.05) is 66.7 Å². The van der Waals surface area contributed by atoms with Crippen LogP contribution in [-0.4, -0.2) is 24.5 Å². The molecule has 196 valence electrons. The highest BCUT2D eigenvalue weighted by atomic mass is 16.5. The lowest BCUT2D eigenvalue weighted by Gasteiger charge is -2.42. The van der Waals surface area contributed by atoms with Crippen LogP contribution in [0.2, 0.25) is 0 Å². The molecule has 0 saturated carbocycles. The fourth-order valence-corrected chi connectivity index (χ4v) is 5.38. The van der Waals surface area contributed by atoms with Crippen molar-refractivity contribution in [2.24, 2.45) is 0 Å². The molecule has 1 aliphatic heterocycles. The molecule has 1 aliphatic rings. The molecule has 0 unspecified atom stereocenters. The van der Waals surface area contributed by atoms with Crippen LogP contribution in [-0.2, 0) is 11.3 Å². The quantitative estimate of drug-likeness (QED) is 0.248. The number of methoxy groups -OCH3 is 1. The van der Waals surface area contributed by atoms with Crippen molar-refractivity contribution in [3.8, 4) is 16.9 Å². The Balaban J connectivity index is 1.68. The van der Waals surface area contributed by atoms with Gasteiger partial charge in [0.25, 0.3) is 5.91 Å². The Labute approximate surface area is 229 Å². The van der Waals surface area contributed by atoms with Gasteiger partial charge in [-0.05, 0) is 68.3 Å². The summed E-state index contributed by atoms with van der Waals surface area (Å²) in [6, 6.07) is 30.0. The predicted octanol–water partition coefficient (Wildman–Crippen LogP) is 7.56. The van der Waals surface area contributed by atoms with E-state index < -0.39 is 11.5 Å². The van der Waals surface area contributed by atoms with Crippen molar-refractivity contribution in [1.29, 1.82) is 0 Å². The minimum absolute atomic E-state index is 0.0310. The molecule has 5 rings (SSSR count). The van der Waals surface area contributed by atoms with Crippen LogP contribution in [0.3, 0.4) is 0 Å². The first-order valence-corrected chi connectivity index (χ1v) is 12.9. The minimum atomic E-state index is -0.575. The van der Waals surface area contributed by atoms with Crippen LogP contribution in [0.4, 0.5) is 5.69 Å². The molecule has 5 nitrogen and oxygen atoms in total. The van der Waals surface area contributed by atoms with Crippen LogP contribution in [0.5, 0.6) is 5.75 Å². The van der Waals surface area contributed by atoms with E-state index in [1.807, 2.05) is 111 Å². The van der Waals surface area contributed by atoms with E-state index in [0.29, 0.717) is 16.9 Å². The maximum atomic E-state index is 13.9. The molecule has 0 N–H and O–H groups in total. The zero-order valence-corrected chi connectivity index (χ0v) is 22.6. The van der Waals surface area contributed by atoms with Crippen molar-refractivity contribution in [3.63, 3.8) is 0 Å². The minimum Gasteiger partial charge on any atom is -0.496 e. The number of amides is 1. The number of hydrogen-bond donors (Lipinski definition) is 0. The standard InChI is InChI=1S/C34H31NO4/c1-23-21-34(2,3)35(32(36)24-13-7-5-8-14-24)29-20-19-26(27-17-11-12-18-30(27)38-4)28(31(23)29)22-39-33(37)25-15-9-6-10-16-25/h5-21H,22H2,1-4H3. The van der Waals surface area contributed by atoms with E-state index in [2.05, 4.69) is 6.08 Å². The molecule has 0 fully saturated rings. The number of benzene rings is 4. The van der Waals surface area contributed by atoms with Gasteiger partial charge in [-0.25, -0.2) is 4.79 Å². The summed E-state index contributed by atoms with van der Waals surface area (Å²) in [7, 11) is 1.64. The first-order valence-electron chi connectivity index (χ1n) is 12.9. The van der Waals surface area contributed by atoms with Gasteiger partial charge in [0.2, 0.25) is 0 Å². The highest BCUT2D eigenvalue weighted by Gasteiger charge is 2.38. The van der Waals surface area contributed by atoms with Crippen LogP contribution in [0, 0.1) is 0 Å². The van der Waals surface area contributed by atoms with Gasteiger partial charge in [-0.2, -0.15) is 0 Å². The lowest BCUT2D eigenvalue weighted by atomic mass is 9.83. The molecule has 1 amide bonds. The number of para-hydroxylation sites is 1. The lowest BCUT2D eigenvalue weighted by molar-refractivity contribution is 0.0473. The third-order valence-corrected chi connectivity index (χ3v) is 7.05. The highest BCUT2D eigenvalue weighted by Crippen LogP contribution is 2.46. The monoisotopic (exact) mass is 517 g/mol. The van der Waals surface area contributed by atoms with Crippen LogP contribution in [0.1, 0.15) is 52.6 Å². The maximum absolute atomic E-state index is 13.9. The topological polar surface area (TPSA) is 55.8 Å². The Morgan fingerprint density at radius 2 is 1.38 bits per heavy atom. The second-order valence-corrected chi connectivity index (χ2v) is 10.1. The van der Waals surface area contributed by atoms with Crippen LogP contribution in [0.25, 0.3) is 16.7 Å². The molecule has 4 aromatic carbocycles. The van der Waals surface area contributed by atoms with Gasteiger partial charge in [0, 0.05) is 22.3 Å². The van der Waals surface area contributed by atoms with Gasteiger partial charge in [-0.3, -0.25) is 9.69 Å². The van der Waals surface area contributed by atoms with E-state index in [9.17, 15) is 9.59 Å². The summed E-state index contributed by atoms with van der Waals surface area (Å²) in [5.74, 6) is 0.208. The molecule has 0 atom stereocenters. The number of ether oxygens (including phenoxy) is 2. The molecule has 5 heteroatoms. The number of carbonyl (C=O) groups is 2. The van der Waals surface area contributed by atoms with Crippen molar-refractivity contribution in [1.82, 2.24) is 0 Å². The van der Waals surface area contributed by atoms with Crippen LogP contribution < -0.4 is 9.64 Å². The first kappa shape index (κ1) is 26.0. The molecule has 0 aromatic heterocycles. The largest absolute Gasteiger partial charge is 0.496 e. The first-order chi connectivity index (χ1) is 18.8. The molecule has 1 heterocycles. The molecule has 39 heavy (non-hydrogen) atoms. The molecule has 4 aromatic rings. The molecule has 0 spiro atoms. The molecule has 0 aliphatic carbocycles.